The van der Waals surface area contributed by atoms with Crippen LogP contribution in [0.2, 0.25) is 0 Å². The van der Waals surface area contributed by atoms with E-state index in [0.717, 1.165) is 11.1 Å². The first-order chi connectivity index (χ1) is 16.7. The number of hydrazine groups is 1. The van der Waals surface area contributed by atoms with Crippen LogP contribution in [0, 0.1) is 10.1 Å². The van der Waals surface area contributed by atoms with Crippen LogP contribution >= 0.6 is 24.0 Å². The van der Waals surface area contributed by atoms with Crippen molar-refractivity contribution in [3.05, 3.63) is 92.4 Å². The van der Waals surface area contributed by atoms with E-state index in [4.69, 9.17) is 12.2 Å². The van der Waals surface area contributed by atoms with E-state index in [2.05, 4.69) is 10.9 Å². The molecule has 1 aliphatic rings. The van der Waals surface area contributed by atoms with E-state index in [1.165, 1.54) is 40.9 Å². The minimum Gasteiger partial charge on any atom is -0.293 e. The van der Waals surface area contributed by atoms with E-state index in [1.54, 1.807) is 6.08 Å². The fourth-order valence-corrected chi connectivity index (χ4v) is 4.51. The first-order valence-corrected chi connectivity index (χ1v) is 11.8. The summed E-state index contributed by atoms with van der Waals surface area (Å²) in [6.45, 7) is 2.18. The second kappa shape index (κ2) is 12.0. The standard InChI is InChI=1S/C24H22N4O5S2/c1-16(14-17-6-3-2-4-7-17)15-20-23(31)27(24(34)35-20)13-5-8-21(29)25-26-22(30)18-9-11-19(12-10-18)28(32)33/h2-4,6-7,9-12,14-15H,5,8,13H2,1H3,(H,25,29)(H,26,30). The Labute approximate surface area is 211 Å². The molecule has 1 aliphatic heterocycles. The zero-order valence-corrected chi connectivity index (χ0v) is 20.4. The van der Waals surface area contributed by atoms with Gasteiger partial charge in [0.1, 0.15) is 4.32 Å². The van der Waals surface area contributed by atoms with Crippen LogP contribution in [-0.4, -0.2) is 38.4 Å². The van der Waals surface area contributed by atoms with Gasteiger partial charge in [-0.2, -0.15) is 0 Å². The van der Waals surface area contributed by atoms with Crippen molar-refractivity contribution in [2.24, 2.45) is 0 Å². The summed E-state index contributed by atoms with van der Waals surface area (Å²) >= 11 is 6.55. The Hall–Kier alpha value is -3.83. The summed E-state index contributed by atoms with van der Waals surface area (Å²) in [4.78, 5) is 49.0. The zero-order chi connectivity index (χ0) is 25.4. The Morgan fingerprint density at radius 1 is 1.11 bits per heavy atom. The van der Waals surface area contributed by atoms with Crippen molar-refractivity contribution >= 4 is 57.8 Å². The lowest BCUT2D eigenvalue weighted by molar-refractivity contribution is -0.384. The molecule has 0 aromatic heterocycles. The molecule has 1 heterocycles. The van der Waals surface area contributed by atoms with Crippen molar-refractivity contribution in [3.63, 3.8) is 0 Å². The normalized spacial score (nSPS) is 14.8. The quantitative estimate of drug-likeness (QED) is 0.238. The molecular formula is C24H22N4O5S2. The van der Waals surface area contributed by atoms with Crippen molar-refractivity contribution in [2.75, 3.05) is 6.54 Å². The van der Waals surface area contributed by atoms with Crippen molar-refractivity contribution in [2.45, 2.75) is 19.8 Å². The molecule has 0 radical (unpaired) electrons. The van der Waals surface area contributed by atoms with Crippen LogP contribution in [-0.2, 0) is 9.59 Å². The van der Waals surface area contributed by atoms with Gasteiger partial charge >= 0.3 is 0 Å². The van der Waals surface area contributed by atoms with Crippen molar-refractivity contribution in [3.8, 4) is 0 Å². The van der Waals surface area contributed by atoms with Gasteiger partial charge in [-0.3, -0.25) is 40.2 Å². The molecular weight excluding hydrogens is 488 g/mol. The van der Waals surface area contributed by atoms with Gasteiger partial charge in [-0.1, -0.05) is 60.4 Å². The molecule has 1 saturated heterocycles. The maximum Gasteiger partial charge on any atom is 0.269 e. The average molecular weight is 511 g/mol. The monoisotopic (exact) mass is 510 g/mol. The Balaban J connectivity index is 1.45. The van der Waals surface area contributed by atoms with Gasteiger partial charge in [0.2, 0.25) is 5.91 Å². The summed E-state index contributed by atoms with van der Waals surface area (Å²) in [5, 5.41) is 10.7. The molecule has 0 aliphatic carbocycles. The molecule has 1 fully saturated rings. The number of benzene rings is 2. The number of hydrogen-bond donors (Lipinski definition) is 2. The van der Waals surface area contributed by atoms with Crippen molar-refractivity contribution in [1.29, 1.82) is 0 Å². The maximum atomic E-state index is 12.7. The molecule has 0 spiro atoms. The summed E-state index contributed by atoms with van der Waals surface area (Å²) in [5.41, 5.74) is 6.52. The molecule has 3 amide bonds. The third-order valence-electron chi connectivity index (χ3n) is 4.87. The molecule has 0 saturated carbocycles. The number of nitro groups is 1. The molecule has 2 aromatic carbocycles. The summed E-state index contributed by atoms with van der Waals surface area (Å²) in [6.07, 6.45) is 4.18. The van der Waals surface area contributed by atoms with Crippen LogP contribution < -0.4 is 10.9 Å². The number of nitrogens with one attached hydrogen (secondary N) is 2. The van der Waals surface area contributed by atoms with Crippen LogP contribution in [0.1, 0.15) is 35.7 Å². The number of rotatable bonds is 8. The third-order valence-corrected chi connectivity index (χ3v) is 6.25. The van der Waals surface area contributed by atoms with Crippen LogP contribution in [0.25, 0.3) is 6.08 Å². The highest BCUT2D eigenvalue weighted by Crippen LogP contribution is 2.32. The van der Waals surface area contributed by atoms with Crippen molar-refractivity contribution < 1.29 is 19.3 Å². The van der Waals surface area contributed by atoms with Gasteiger partial charge in [-0.05, 0) is 42.7 Å². The Morgan fingerprint density at radius 3 is 2.46 bits per heavy atom. The van der Waals surface area contributed by atoms with E-state index >= 15 is 0 Å². The first-order valence-electron chi connectivity index (χ1n) is 10.6. The summed E-state index contributed by atoms with van der Waals surface area (Å²) in [5.74, 6) is -1.25. The molecule has 35 heavy (non-hydrogen) atoms. The molecule has 0 unspecified atom stereocenters. The fourth-order valence-electron chi connectivity index (χ4n) is 3.15. The molecule has 2 N–H and O–H groups in total. The highest BCUT2D eigenvalue weighted by molar-refractivity contribution is 8.26. The average Bonchev–Trinajstić information content (AvgIpc) is 3.10. The van der Waals surface area contributed by atoms with Crippen molar-refractivity contribution in [1.82, 2.24) is 15.8 Å². The number of carbonyl (C=O) groups is 3. The highest BCUT2D eigenvalue weighted by Gasteiger charge is 2.31. The lowest BCUT2D eigenvalue weighted by atomic mass is 10.1. The van der Waals surface area contributed by atoms with Gasteiger partial charge in [-0.25, -0.2) is 0 Å². The predicted octanol–water partition coefficient (Wildman–Crippen LogP) is 3.98. The second-order valence-corrected chi connectivity index (χ2v) is 9.22. The summed E-state index contributed by atoms with van der Waals surface area (Å²) in [6, 6.07) is 14.7. The molecule has 3 rings (SSSR count). The number of non-ortho nitro benzene ring substituents is 1. The molecule has 11 heteroatoms. The number of nitro benzene ring substituents is 1. The number of allylic oxidation sites excluding steroid dienone is 2. The predicted molar refractivity (Wildman–Crippen MR) is 138 cm³/mol. The smallest absolute Gasteiger partial charge is 0.269 e. The second-order valence-electron chi connectivity index (χ2n) is 7.54. The SMILES string of the molecule is CC(=Cc1ccccc1)C=C1SC(=S)N(CCCC(=O)NNC(=O)c2ccc([N+](=O)[O-])cc2)C1=O. The van der Waals surface area contributed by atoms with Crippen LogP contribution in [0.15, 0.2) is 71.2 Å². The highest BCUT2D eigenvalue weighted by atomic mass is 32.2. The first kappa shape index (κ1) is 25.8. The third kappa shape index (κ3) is 7.33. The van der Waals surface area contributed by atoms with Gasteiger partial charge in [0.15, 0.2) is 0 Å². The van der Waals surface area contributed by atoms with E-state index in [1.807, 2.05) is 43.3 Å². The van der Waals surface area contributed by atoms with Gasteiger partial charge in [0.25, 0.3) is 17.5 Å². The van der Waals surface area contributed by atoms with Gasteiger partial charge in [-0.15, -0.1) is 0 Å². The van der Waals surface area contributed by atoms with Gasteiger partial charge in [0, 0.05) is 30.7 Å². The molecule has 0 bridgehead atoms. The summed E-state index contributed by atoms with van der Waals surface area (Å²) < 4.78 is 0.431. The molecule has 9 nitrogen and oxygen atoms in total. The minimum atomic E-state index is -0.603. The minimum absolute atomic E-state index is 0.0591. The number of thiocarbonyl (C=S) groups is 1. The molecule has 2 aromatic rings. The Morgan fingerprint density at radius 2 is 1.80 bits per heavy atom. The van der Waals surface area contributed by atoms with Crippen LogP contribution in [0.5, 0.6) is 0 Å². The van der Waals surface area contributed by atoms with Crippen LogP contribution in [0.4, 0.5) is 5.69 Å². The van der Waals surface area contributed by atoms with Gasteiger partial charge < -0.3 is 0 Å². The number of nitrogens with zero attached hydrogens (tertiary/aromatic N) is 2. The Kier molecular flexibility index (Phi) is 8.87. The number of amides is 3. The van der Waals surface area contributed by atoms with E-state index < -0.39 is 16.7 Å². The lowest BCUT2D eigenvalue weighted by Crippen LogP contribution is -2.41. The topological polar surface area (TPSA) is 122 Å². The zero-order valence-electron chi connectivity index (χ0n) is 18.7. The largest absolute Gasteiger partial charge is 0.293 e. The summed E-state index contributed by atoms with van der Waals surface area (Å²) in [7, 11) is 0. The maximum absolute atomic E-state index is 12.7. The lowest BCUT2D eigenvalue weighted by Gasteiger charge is -2.14. The Bertz CT molecular complexity index is 1210. The van der Waals surface area contributed by atoms with E-state index in [0.29, 0.717) is 15.6 Å². The van der Waals surface area contributed by atoms with E-state index in [-0.39, 0.29) is 30.1 Å². The number of hydrogen-bond acceptors (Lipinski definition) is 7. The molecule has 180 valence electrons. The fraction of sp³-hybridized carbons (Fsp3) is 0.167. The molecule has 0 atom stereocenters. The van der Waals surface area contributed by atoms with Crippen LogP contribution in [0.3, 0.4) is 0 Å². The number of carbonyl (C=O) groups excluding carboxylic acids is 3. The van der Waals surface area contributed by atoms with Gasteiger partial charge in [0.05, 0.1) is 9.83 Å². The number of thioether (sulfide) groups is 1. The van der Waals surface area contributed by atoms with E-state index in [9.17, 15) is 24.5 Å².